The number of amides is 1. The van der Waals surface area contributed by atoms with Crippen molar-refractivity contribution in [1.29, 1.82) is 0 Å². The summed E-state index contributed by atoms with van der Waals surface area (Å²) in [6, 6.07) is 9.78. The molecule has 0 fully saturated rings. The predicted octanol–water partition coefficient (Wildman–Crippen LogP) is 3.11. The molecule has 168 valence electrons. The number of anilines is 1. The highest BCUT2D eigenvalue weighted by atomic mass is 32.1. The molecule has 0 saturated heterocycles. The van der Waals surface area contributed by atoms with E-state index in [-0.39, 0.29) is 47.7 Å². The number of ether oxygens (including phenoxy) is 3. The molecule has 1 N–H and O–H groups in total. The SMILES string of the molecule is CCOC(=O)c1c(NC(=O)CN(C)Cc2ccccc2)sc(C(=O)OCCOC)c1C. The van der Waals surface area contributed by atoms with E-state index in [1.54, 1.807) is 13.8 Å². The van der Waals surface area contributed by atoms with E-state index in [1.165, 1.54) is 7.11 Å². The smallest absolute Gasteiger partial charge is 0.348 e. The van der Waals surface area contributed by atoms with Crippen molar-refractivity contribution in [3.63, 3.8) is 0 Å². The number of rotatable bonds is 11. The van der Waals surface area contributed by atoms with Gasteiger partial charge in [-0.2, -0.15) is 0 Å². The van der Waals surface area contributed by atoms with Crippen LogP contribution in [-0.4, -0.2) is 63.3 Å². The maximum atomic E-state index is 12.6. The lowest BCUT2D eigenvalue weighted by molar-refractivity contribution is -0.117. The van der Waals surface area contributed by atoms with Crippen LogP contribution in [0.5, 0.6) is 0 Å². The number of esters is 2. The van der Waals surface area contributed by atoms with Gasteiger partial charge in [0.2, 0.25) is 5.91 Å². The number of nitrogens with zero attached hydrogens (tertiary/aromatic N) is 1. The Balaban J connectivity index is 2.15. The Morgan fingerprint density at radius 2 is 1.77 bits per heavy atom. The molecule has 0 unspecified atom stereocenters. The van der Waals surface area contributed by atoms with Crippen LogP contribution in [0.15, 0.2) is 30.3 Å². The van der Waals surface area contributed by atoms with Crippen molar-refractivity contribution in [3.8, 4) is 0 Å². The average molecular weight is 449 g/mol. The third-order valence-electron chi connectivity index (χ3n) is 4.29. The molecule has 1 aromatic heterocycles. The van der Waals surface area contributed by atoms with Crippen LogP contribution in [0.2, 0.25) is 0 Å². The Morgan fingerprint density at radius 3 is 2.42 bits per heavy atom. The second kappa shape index (κ2) is 12.2. The van der Waals surface area contributed by atoms with Crippen molar-refractivity contribution < 1.29 is 28.6 Å². The molecule has 0 spiro atoms. The van der Waals surface area contributed by atoms with Crippen LogP contribution < -0.4 is 5.32 Å². The van der Waals surface area contributed by atoms with Gasteiger partial charge in [-0.15, -0.1) is 11.3 Å². The van der Waals surface area contributed by atoms with Crippen LogP contribution in [0.3, 0.4) is 0 Å². The van der Waals surface area contributed by atoms with Crippen LogP contribution in [-0.2, 0) is 25.5 Å². The molecular formula is C22H28N2O6S. The molecule has 0 bridgehead atoms. The summed E-state index contributed by atoms with van der Waals surface area (Å²) in [4.78, 5) is 39.6. The Bertz CT molecular complexity index is 897. The summed E-state index contributed by atoms with van der Waals surface area (Å²) in [6.45, 7) is 4.56. The summed E-state index contributed by atoms with van der Waals surface area (Å²) in [5.74, 6) is -1.48. The van der Waals surface area contributed by atoms with Crippen molar-refractivity contribution in [3.05, 3.63) is 51.9 Å². The van der Waals surface area contributed by atoms with E-state index in [9.17, 15) is 14.4 Å². The first kappa shape index (κ1) is 24.5. The third-order valence-corrected chi connectivity index (χ3v) is 5.48. The Hall–Kier alpha value is -2.75. The minimum Gasteiger partial charge on any atom is -0.462 e. The second-order valence-electron chi connectivity index (χ2n) is 6.82. The van der Waals surface area contributed by atoms with E-state index in [0.29, 0.717) is 12.1 Å². The van der Waals surface area contributed by atoms with Crippen LogP contribution in [0.25, 0.3) is 0 Å². The number of nitrogens with one attached hydrogen (secondary N) is 1. The summed E-state index contributed by atoms with van der Waals surface area (Å²) < 4.78 is 15.2. The number of hydrogen-bond donors (Lipinski definition) is 1. The van der Waals surface area contributed by atoms with E-state index in [2.05, 4.69) is 5.32 Å². The highest BCUT2D eigenvalue weighted by molar-refractivity contribution is 7.18. The molecule has 9 heteroatoms. The second-order valence-corrected chi connectivity index (χ2v) is 7.84. The van der Waals surface area contributed by atoms with Crippen LogP contribution in [0, 0.1) is 6.92 Å². The van der Waals surface area contributed by atoms with Crippen LogP contribution in [0.1, 0.15) is 38.1 Å². The Morgan fingerprint density at radius 1 is 1.06 bits per heavy atom. The summed E-state index contributed by atoms with van der Waals surface area (Å²) in [6.07, 6.45) is 0. The highest BCUT2D eigenvalue weighted by Crippen LogP contribution is 2.34. The van der Waals surface area contributed by atoms with E-state index in [1.807, 2.05) is 42.3 Å². The monoisotopic (exact) mass is 448 g/mol. The van der Waals surface area contributed by atoms with Crippen LogP contribution >= 0.6 is 11.3 Å². The summed E-state index contributed by atoms with van der Waals surface area (Å²) in [7, 11) is 3.34. The molecule has 0 aliphatic rings. The van der Waals surface area contributed by atoms with Gasteiger partial charge in [0.05, 0.1) is 25.3 Å². The van der Waals surface area contributed by atoms with E-state index < -0.39 is 11.9 Å². The van der Waals surface area contributed by atoms with Gasteiger partial charge in [-0.3, -0.25) is 9.69 Å². The first-order chi connectivity index (χ1) is 14.9. The van der Waals surface area contributed by atoms with Gasteiger partial charge in [-0.05, 0) is 32.0 Å². The fourth-order valence-corrected chi connectivity index (χ4v) is 4.00. The lowest BCUT2D eigenvalue weighted by Gasteiger charge is -2.16. The van der Waals surface area contributed by atoms with Gasteiger partial charge in [0, 0.05) is 13.7 Å². The number of benzene rings is 1. The number of carbonyl (C=O) groups excluding carboxylic acids is 3. The number of hydrogen-bond acceptors (Lipinski definition) is 8. The largest absolute Gasteiger partial charge is 0.462 e. The molecule has 0 aliphatic carbocycles. The molecule has 8 nitrogen and oxygen atoms in total. The van der Waals surface area contributed by atoms with Crippen molar-refractivity contribution in [2.24, 2.45) is 0 Å². The quantitative estimate of drug-likeness (QED) is 0.417. The molecule has 1 aromatic carbocycles. The third kappa shape index (κ3) is 7.16. The zero-order valence-corrected chi connectivity index (χ0v) is 19.0. The minimum atomic E-state index is -0.597. The van der Waals surface area contributed by atoms with E-state index in [4.69, 9.17) is 14.2 Å². The lowest BCUT2D eigenvalue weighted by Crippen LogP contribution is -2.30. The maximum Gasteiger partial charge on any atom is 0.348 e. The molecule has 0 radical (unpaired) electrons. The Labute approximate surface area is 186 Å². The van der Waals surface area contributed by atoms with Gasteiger partial charge >= 0.3 is 11.9 Å². The topological polar surface area (TPSA) is 94.2 Å². The number of methoxy groups -OCH3 is 1. The fourth-order valence-electron chi connectivity index (χ4n) is 2.89. The summed E-state index contributed by atoms with van der Waals surface area (Å²) in [5.41, 5.74) is 1.67. The van der Waals surface area contributed by atoms with Gasteiger partial charge in [-0.25, -0.2) is 9.59 Å². The first-order valence-corrected chi connectivity index (χ1v) is 10.7. The van der Waals surface area contributed by atoms with Gasteiger partial charge < -0.3 is 19.5 Å². The number of likely N-dealkylation sites (N-methyl/N-ethyl adjacent to an activating group) is 1. The average Bonchev–Trinajstić information content (AvgIpc) is 3.04. The van der Waals surface area contributed by atoms with E-state index in [0.717, 1.165) is 16.9 Å². The van der Waals surface area contributed by atoms with Gasteiger partial charge in [-0.1, -0.05) is 30.3 Å². The zero-order chi connectivity index (χ0) is 22.8. The zero-order valence-electron chi connectivity index (χ0n) is 18.2. The minimum absolute atomic E-state index is 0.0907. The van der Waals surface area contributed by atoms with Crippen molar-refractivity contribution in [2.45, 2.75) is 20.4 Å². The lowest BCUT2D eigenvalue weighted by atomic mass is 10.1. The first-order valence-electron chi connectivity index (χ1n) is 9.86. The number of carbonyl (C=O) groups is 3. The van der Waals surface area contributed by atoms with Crippen molar-refractivity contribution >= 4 is 34.2 Å². The van der Waals surface area contributed by atoms with E-state index >= 15 is 0 Å². The number of thiophene rings is 1. The highest BCUT2D eigenvalue weighted by Gasteiger charge is 2.27. The Kier molecular flexibility index (Phi) is 9.64. The molecule has 2 rings (SSSR count). The maximum absolute atomic E-state index is 12.6. The molecule has 0 aliphatic heterocycles. The van der Waals surface area contributed by atoms with Gasteiger partial charge in [0.15, 0.2) is 0 Å². The summed E-state index contributed by atoms with van der Waals surface area (Å²) >= 11 is 0.999. The molecule has 31 heavy (non-hydrogen) atoms. The fraction of sp³-hybridized carbons (Fsp3) is 0.409. The molecule has 2 aromatic rings. The molecule has 1 amide bonds. The van der Waals surface area contributed by atoms with Crippen molar-refractivity contribution in [1.82, 2.24) is 4.90 Å². The molecule has 1 heterocycles. The van der Waals surface area contributed by atoms with Crippen molar-refractivity contribution in [2.75, 3.05) is 45.8 Å². The predicted molar refractivity (Wildman–Crippen MR) is 119 cm³/mol. The molecule has 0 saturated carbocycles. The molecular weight excluding hydrogens is 420 g/mol. The van der Waals surface area contributed by atoms with Gasteiger partial charge in [0.25, 0.3) is 0 Å². The van der Waals surface area contributed by atoms with Crippen LogP contribution in [0.4, 0.5) is 5.00 Å². The standard InChI is InChI=1S/C22H28N2O6S/c1-5-29-21(26)18-15(2)19(22(27)30-12-11-28-4)31-20(18)23-17(25)14-24(3)13-16-9-7-6-8-10-16/h6-10H,5,11-14H2,1-4H3,(H,23,25). The molecule has 0 atom stereocenters. The normalized spacial score (nSPS) is 10.7. The van der Waals surface area contributed by atoms with Gasteiger partial charge in [0.1, 0.15) is 16.5 Å². The summed E-state index contributed by atoms with van der Waals surface area (Å²) in [5, 5.41) is 3.03.